The average Bonchev–Trinajstić information content (AvgIpc) is 3.15. The summed E-state index contributed by atoms with van der Waals surface area (Å²) in [5.74, 6) is 1.88. The summed E-state index contributed by atoms with van der Waals surface area (Å²) in [7, 11) is 0. The molecule has 2 heterocycles. The van der Waals surface area contributed by atoms with Crippen molar-refractivity contribution < 1.29 is 9.32 Å². The molecule has 1 aromatic heterocycles. The summed E-state index contributed by atoms with van der Waals surface area (Å²) in [5.41, 5.74) is 2.27. The van der Waals surface area contributed by atoms with Crippen LogP contribution in [0, 0.1) is 0 Å². The summed E-state index contributed by atoms with van der Waals surface area (Å²) < 4.78 is 5.49. The van der Waals surface area contributed by atoms with E-state index in [0.717, 1.165) is 12.0 Å². The first-order valence-corrected chi connectivity index (χ1v) is 8.98. The number of carbonyl (C=O) groups excluding carboxylic acids is 1. The number of hydrogen-bond acceptors (Lipinski definition) is 4. The standard InChI is InChI=1S/C20H27N3O2/c1-13(2)15-8-6-14(7-9-15)12-23-16(10-11-17(23)24)18-21-19(22-25-18)20(3,4)5/h6-9,13,16H,10-12H2,1-5H3. The van der Waals surface area contributed by atoms with Gasteiger partial charge in [0.15, 0.2) is 5.82 Å². The Kier molecular flexibility index (Phi) is 4.67. The van der Waals surface area contributed by atoms with Crippen LogP contribution in [0.25, 0.3) is 0 Å². The summed E-state index contributed by atoms with van der Waals surface area (Å²) in [5, 5.41) is 4.11. The van der Waals surface area contributed by atoms with Crippen LogP contribution >= 0.6 is 0 Å². The van der Waals surface area contributed by atoms with Crippen molar-refractivity contribution in [3.8, 4) is 0 Å². The Bertz CT molecular complexity index is 741. The van der Waals surface area contributed by atoms with Gasteiger partial charge in [-0.1, -0.05) is 64.0 Å². The molecule has 1 fully saturated rings. The Morgan fingerprint density at radius 2 is 1.92 bits per heavy atom. The monoisotopic (exact) mass is 341 g/mol. The predicted molar refractivity (Wildman–Crippen MR) is 96.1 cm³/mol. The molecule has 0 N–H and O–H groups in total. The van der Waals surface area contributed by atoms with Crippen LogP contribution in [0.2, 0.25) is 0 Å². The van der Waals surface area contributed by atoms with Crippen LogP contribution in [0.1, 0.15) is 82.3 Å². The lowest BCUT2D eigenvalue weighted by Crippen LogP contribution is -2.27. The first kappa shape index (κ1) is 17.6. The predicted octanol–water partition coefficient (Wildman–Crippen LogP) is 4.35. The second kappa shape index (κ2) is 6.62. The smallest absolute Gasteiger partial charge is 0.249 e. The Labute approximate surface area is 149 Å². The molecule has 0 bridgehead atoms. The lowest BCUT2D eigenvalue weighted by Gasteiger charge is -2.22. The van der Waals surface area contributed by atoms with Gasteiger partial charge >= 0.3 is 0 Å². The second-order valence-electron chi connectivity index (χ2n) is 8.18. The van der Waals surface area contributed by atoms with Crippen LogP contribution in [0.4, 0.5) is 0 Å². The maximum Gasteiger partial charge on any atom is 0.249 e. The van der Waals surface area contributed by atoms with Gasteiger partial charge in [-0.2, -0.15) is 4.98 Å². The highest BCUT2D eigenvalue weighted by Crippen LogP contribution is 2.34. The third kappa shape index (κ3) is 3.75. The fraction of sp³-hybridized carbons (Fsp3) is 0.550. The van der Waals surface area contributed by atoms with Gasteiger partial charge in [0.2, 0.25) is 11.8 Å². The van der Waals surface area contributed by atoms with Gasteiger partial charge in [0.1, 0.15) is 6.04 Å². The molecule has 3 rings (SSSR count). The molecule has 2 aromatic rings. The molecular formula is C20H27N3O2. The van der Waals surface area contributed by atoms with Gasteiger partial charge in [-0.25, -0.2) is 0 Å². The van der Waals surface area contributed by atoms with Crippen molar-refractivity contribution in [3.05, 3.63) is 47.1 Å². The molecular weight excluding hydrogens is 314 g/mol. The molecule has 0 spiro atoms. The van der Waals surface area contributed by atoms with Crippen LogP contribution in [0.5, 0.6) is 0 Å². The Morgan fingerprint density at radius 1 is 1.24 bits per heavy atom. The summed E-state index contributed by atoms with van der Waals surface area (Å²) in [6.45, 7) is 11.1. The van der Waals surface area contributed by atoms with E-state index in [9.17, 15) is 4.79 Å². The minimum Gasteiger partial charge on any atom is -0.337 e. The molecule has 1 atom stereocenters. The number of aromatic nitrogens is 2. The molecule has 0 aliphatic carbocycles. The largest absolute Gasteiger partial charge is 0.337 e. The Balaban J connectivity index is 1.79. The van der Waals surface area contributed by atoms with E-state index in [1.807, 2.05) is 4.90 Å². The molecule has 1 unspecified atom stereocenters. The highest BCUT2D eigenvalue weighted by molar-refractivity contribution is 5.78. The van der Waals surface area contributed by atoms with Crippen LogP contribution in [0.3, 0.4) is 0 Å². The van der Waals surface area contributed by atoms with E-state index in [1.54, 1.807) is 0 Å². The maximum absolute atomic E-state index is 12.4. The maximum atomic E-state index is 12.4. The van der Waals surface area contributed by atoms with Gasteiger partial charge in [-0.3, -0.25) is 4.79 Å². The number of rotatable bonds is 4. The van der Waals surface area contributed by atoms with Crippen molar-refractivity contribution in [2.45, 2.75) is 71.4 Å². The van der Waals surface area contributed by atoms with Crippen LogP contribution in [0.15, 0.2) is 28.8 Å². The van der Waals surface area contributed by atoms with E-state index in [-0.39, 0.29) is 17.4 Å². The lowest BCUT2D eigenvalue weighted by atomic mass is 9.96. The van der Waals surface area contributed by atoms with E-state index in [2.05, 4.69) is 69.0 Å². The zero-order chi connectivity index (χ0) is 18.2. The molecule has 1 aromatic carbocycles. The third-order valence-corrected chi connectivity index (χ3v) is 4.73. The normalized spacial score (nSPS) is 18.4. The average molecular weight is 341 g/mol. The van der Waals surface area contributed by atoms with E-state index in [1.165, 1.54) is 5.56 Å². The number of carbonyl (C=O) groups is 1. The fourth-order valence-electron chi connectivity index (χ4n) is 3.07. The minimum atomic E-state index is -0.165. The van der Waals surface area contributed by atoms with Crippen molar-refractivity contribution >= 4 is 5.91 Å². The number of amides is 1. The highest BCUT2D eigenvalue weighted by Gasteiger charge is 2.36. The second-order valence-corrected chi connectivity index (χ2v) is 8.18. The van der Waals surface area contributed by atoms with Gasteiger partial charge in [-0.15, -0.1) is 0 Å². The first-order valence-electron chi connectivity index (χ1n) is 8.98. The van der Waals surface area contributed by atoms with Crippen LogP contribution in [-0.2, 0) is 16.8 Å². The lowest BCUT2D eigenvalue weighted by molar-refractivity contribution is -0.129. The summed E-state index contributed by atoms with van der Waals surface area (Å²) in [6.07, 6.45) is 1.26. The Hall–Kier alpha value is -2.17. The number of benzene rings is 1. The molecule has 5 nitrogen and oxygen atoms in total. The number of hydrogen-bond donors (Lipinski definition) is 0. The van der Waals surface area contributed by atoms with Crippen molar-refractivity contribution in [2.24, 2.45) is 0 Å². The fourth-order valence-corrected chi connectivity index (χ4v) is 3.07. The molecule has 1 amide bonds. The molecule has 5 heteroatoms. The van der Waals surface area contributed by atoms with Crippen molar-refractivity contribution in [1.29, 1.82) is 0 Å². The van der Waals surface area contributed by atoms with Gasteiger partial charge in [-0.05, 0) is 23.5 Å². The topological polar surface area (TPSA) is 59.2 Å². The van der Waals surface area contributed by atoms with Crippen LogP contribution < -0.4 is 0 Å². The van der Waals surface area contributed by atoms with Crippen LogP contribution in [-0.4, -0.2) is 20.9 Å². The van der Waals surface area contributed by atoms with E-state index in [4.69, 9.17) is 4.52 Å². The number of likely N-dealkylation sites (tertiary alicyclic amines) is 1. The molecule has 1 aliphatic heterocycles. The summed E-state index contributed by atoms with van der Waals surface area (Å²) in [4.78, 5) is 18.8. The molecule has 134 valence electrons. The van der Waals surface area contributed by atoms with E-state index >= 15 is 0 Å². The third-order valence-electron chi connectivity index (χ3n) is 4.73. The quantitative estimate of drug-likeness (QED) is 0.829. The molecule has 1 aliphatic rings. The highest BCUT2D eigenvalue weighted by atomic mass is 16.5. The van der Waals surface area contributed by atoms with Crippen molar-refractivity contribution in [1.82, 2.24) is 15.0 Å². The molecule has 0 saturated carbocycles. The SMILES string of the molecule is CC(C)c1ccc(CN2C(=O)CCC2c2nc(C(C)(C)C)no2)cc1. The first-order chi connectivity index (χ1) is 11.8. The van der Waals surface area contributed by atoms with Crippen molar-refractivity contribution in [2.75, 3.05) is 0 Å². The minimum absolute atomic E-state index is 0.124. The Morgan fingerprint density at radius 3 is 2.48 bits per heavy atom. The molecule has 25 heavy (non-hydrogen) atoms. The zero-order valence-corrected chi connectivity index (χ0v) is 15.7. The summed E-state index contributed by atoms with van der Waals surface area (Å²) >= 11 is 0. The molecule has 1 saturated heterocycles. The van der Waals surface area contributed by atoms with Crippen molar-refractivity contribution in [3.63, 3.8) is 0 Å². The summed E-state index contributed by atoms with van der Waals surface area (Å²) in [6, 6.07) is 8.36. The number of nitrogens with zero attached hydrogens (tertiary/aromatic N) is 3. The molecule has 0 radical (unpaired) electrons. The van der Waals surface area contributed by atoms with Gasteiger partial charge < -0.3 is 9.42 Å². The zero-order valence-electron chi connectivity index (χ0n) is 15.7. The van der Waals surface area contributed by atoms with E-state index < -0.39 is 0 Å². The van der Waals surface area contributed by atoms with Gasteiger partial charge in [0.25, 0.3) is 0 Å². The van der Waals surface area contributed by atoms with Gasteiger partial charge in [0, 0.05) is 18.4 Å². The van der Waals surface area contributed by atoms with E-state index in [0.29, 0.717) is 30.6 Å². The van der Waals surface area contributed by atoms with Gasteiger partial charge in [0.05, 0.1) is 0 Å².